The second kappa shape index (κ2) is 11.1. The number of imidazole rings is 1. The maximum absolute atomic E-state index is 8.89. The summed E-state index contributed by atoms with van der Waals surface area (Å²) in [5.41, 5.74) is 8.34. The van der Waals surface area contributed by atoms with E-state index in [0.29, 0.717) is 5.56 Å². The Hall–Kier alpha value is -3.84. The standard InChI is InChI=1S/C19H13N2.C11H9N2.Ir/c1-14-11-12-21-19(17-9-7-15(13-20)8-10-17)18(14)16-5-3-2-4-6-16;1-2-4-10-9(3-1)5-7-13-8-6-12-11(10)13;/h2-9,11-12H,1H3;1-3,6,8H,5,7H2;/q2*-1;. The molecule has 3 heterocycles. The van der Waals surface area contributed by atoms with Gasteiger partial charge in [0.2, 0.25) is 0 Å². The summed E-state index contributed by atoms with van der Waals surface area (Å²) in [7, 11) is 0. The summed E-state index contributed by atoms with van der Waals surface area (Å²) in [6.07, 6.45) is 6.78. The van der Waals surface area contributed by atoms with Crippen LogP contribution in [0.2, 0.25) is 0 Å². The van der Waals surface area contributed by atoms with E-state index in [-0.39, 0.29) is 20.1 Å². The Morgan fingerprint density at radius 1 is 0.943 bits per heavy atom. The molecule has 1 aliphatic rings. The molecule has 0 amide bonds. The molecule has 0 unspecified atom stereocenters. The van der Waals surface area contributed by atoms with Crippen molar-refractivity contribution in [1.29, 1.82) is 5.26 Å². The third-order valence-corrected chi connectivity index (χ3v) is 5.92. The van der Waals surface area contributed by atoms with Crippen molar-refractivity contribution in [2.24, 2.45) is 0 Å². The number of pyridine rings is 1. The van der Waals surface area contributed by atoms with Gasteiger partial charge in [-0.15, -0.1) is 65.2 Å². The van der Waals surface area contributed by atoms with Crippen molar-refractivity contribution in [2.45, 2.75) is 19.9 Å². The first-order valence-corrected chi connectivity index (χ1v) is 11.2. The average molecular weight is 631 g/mol. The molecule has 0 aliphatic carbocycles. The van der Waals surface area contributed by atoms with Crippen LogP contribution in [0.4, 0.5) is 0 Å². The molecule has 5 heteroatoms. The fourth-order valence-electron chi connectivity index (χ4n) is 4.22. The van der Waals surface area contributed by atoms with Gasteiger partial charge in [-0.1, -0.05) is 30.3 Å². The number of benzene rings is 3. The second-order valence-electron chi connectivity index (χ2n) is 8.08. The van der Waals surface area contributed by atoms with Gasteiger partial charge < -0.3 is 9.55 Å². The molecule has 1 aliphatic heterocycles. The van der Waals surface area contributed by atoms with Gasteiger partial charge in [-0.2, -0.15) is 0 Å². The molecule has 1 radical (unpaired) electrons. The quantitative estimate of drug-likeness (QED) is 0.215. The Morgan fingerprint density at radius 2 is 1.80 bits per heavy atom. The number of nitriles is 1. The summed E-state index contributed by atoms with van der Waals surface area (Å²) in [5.74, 6) is 1.06. The minimum atomic E-state index is 0. The van der Waals surface area contributed by atoms with Crippen molar-refractivity contribution >= 4 is 0 Å². The van der Waals surface area contributed by atoms with Gasteiger partial charge in [0, 0.05) is 51.3 Å². The van der Waals surface area contributed by atoms with E-state index in [1.807, 2.05) is 61.1 Å². The Labute approximate surface area is 219 Å². The number of fused-ring (bicyclic) bond motifs is 3. The molecule has 0 atom stereocenters. The third kappa shape index (κ3) is 5.15. The van der Waals surface area contributed by atoms with Gasteiger partial charge >= 0.3 is 0 Å². The third-order valence-electron chi connectivity index (χ3n) is 5.92. The van der Waals surface area contributed by atoms with Crippen molar-refractivity contribution < 1.29 is 20.1 Å². The first-order chi connectivity index (χ1) is 16.7. The predicted octanol–water partition coefficient (Wildman–Crippen LogP) is 6.30. The van der Waals surface area contributed by atoms with Crippen molar-refractivity contribution in [2.75, 3.05) is 0 Å². The van der Waals surface area contributed by atoms with Crippen LogP contribution >= 0.6 is 0 Å². The van der Waals surface area contributed by atoms with Gasteiger partial charge in [0.1, 0.15) is 0 Å². The fourth-order valence-corrected chi connectivity index (χ4v) is 4.22. The summed E-state index contributed by atoms with van der Waals surface area (Å²) < 4.78 is 2.18. The average Bonchev–Trinajstić information content (AvgIpc) is 3.39. The molecule has 2 aromatic heterocycles. The number of aromatic nitrogens is 3. The van der Waals surface area contributed by atoms with Crippen LogP contribution in [0, 0.1) is 30.4 Å². The van der Waals surface area contributed by atoms with Crippen LogP contribution in [0.1, 0.15) is 16.7 Å². The number of rotatable bonds is 2. The Morgan fingerprint density at radius 3 is 2.57 bits per heavy atom. The van der Waals surface area contributed by atoms with Gasteiger partial charge in [-0.3, -0.25) is 4.98 Å². The first-order valence-electron chi connectivity index (χ1n) is 11.2. The van der Waals surface area contributed by atoms with E-state index in [9.17, 15) is 0 Å². The molecule has 3 aromatic carbocycles. The van der Waals surface area contributed by atoms with Crippen LogP contribution in [0.5, 0.6) is 0 Å². The van der Waals surface area contributed by atoms with Crippen LogP contribution in [0.25, 0.3) is 33.8 Å². The van der Waals surface area contributed by atoms with E-state index in [1.165, 1.54) is 16.7 Å². The SMILES string of the molecule is Cc1ccnc(-c2[c-]cc(C#N)cc2)c1-c1ccccc1.[Ir].[c-]1cccc2c1-c1nccn1CC2. The largest absolute Gasteiger partial charge is 0.371 e. The Kier molecular flexibility index (Phi) is 7.67. The van der Waals surface area contributed by atoms with E-state index in [1.54, 1.807) is 12.1 Å². The molecule has 173 valence electrons. The molecular formula is C30H22IrN4-2. The molecule has 0 saturated heterocycles. The zero-order valence-electron chi connectivity index (χ0n) is 19.2. The number of hydrogen-bond acceptors (Lipinski definition) is 3. The molecule has 0 bridgehead atoms. The maximum Gasteiger partial charge on any atom is 0.0560 e. The first kappa shape index (κ1) is 24.3. The van der Waals surface area contributed by atoms with Gasteiger partial charge in [0.15, 0.2) is 0 Å². The van der Waals surface area contributed by atoms with Crippen LogP contribution in [-0.4, -0.2) is 14.5 Å². The maximum atomic E-state index is 8.89. The predicted molar refractivity (Wildman–Crippen MR) is 134 cm³/mol. The minimum Gasteiger partial charge on any atom is -0.371 e. The zero-order valence-corrected chi connectivity index (χ0v) is 21.6. The molecule has 0 N–H and O–H groups in total. The molecule has 35 heavy (non-hydrogen) atoms. The second-order valence-corrected chi connectivity index (χ2v) is 8.08. The number of hydrogen-bond donors (Lipinski definition) is 0. The molecule has 5 aromatic rings. The Balaban J connectivity index is 0.000000177. The van der Waals surface area contributed by atoms with Crippen LogP contribution in [0.3, 0.4) is 0 Å². The summed E-state index contributed by atoms with van der Waals surface area (Å²) in [4.78, 5) is 8.86. The van der Waals surface area contributed by atoms with E-state index >= 15 is 0 Å². The fraction of sp³-hybridized carbons (Fsp3) is 0.100. The van der Waals surface area contributed by atoms with Crippen molar-refractivity contribution in [3.8, 4) is 39.8 Å². The summed E-state index contributed by atoms with van der Waals surface area (Å²) in [6, 6.07) is 32.3. The van der Waals surface area contributed by atoms with Gasteiger partial charge in [0.25, 0.3) is 0 Å². The van der Waals surface area contributed by atoms with E-state index in [2.05, 4.69) is 57.9 Å². The molecule has 0 fully saturated rings. The van der Waals surface area contributed by atoms with E-state index in [4.69, 9.17) is 5.26 Å². The normalized spacial score (nSPS) is 11.1. The van der Waals surface area contributed by atoms with Crippen molar-refractivity contribution in [3.63, 3.8) is 0 Å². The smallest absolute Gasteiger partial charge is 0.0560 e. The van der Waals surface area contributed by atoms with E-state index in [0.717, 1.165) is 41.2 Å². The zero-order chi connectivity index (χ0) is 23.3. The topological polar surface area (TPSA) is 54.5 Å². The molecule has 0 saturated carbocycles. The van der Waals surface area contributed by atoms with Gasteiger partial charge in [-0.05, 0) is 47.4 Å². The minimum absolute atomic E-state index is 0. The van der Waals surface area contributed by atoms with Crippen molar-refractivity contribution in [3.05, 3.63) is 120 Å². The number of nitrogens with zero attached hydrogens (tertiary/aromatic N) is 4. The number of aryl methyl sites for hydroxylation is 3. The summed E-state index contributed by atoms with van der Waals surface area (Å²) in [5, 5.41) is 8.89. The molecular weight excluding hydrogens is 609 g/mol. The van der Waals surface area contributed by atoms with Gasteiger partial charge in [-0.25, -0.2) is 5.26 Å². The van der Waals surface area contributed by atoms with Crippen LogP contribution in [0.15, 0.2) is 91.4 Å². The van der Waals surface area contributed by atoms with Gasteiger partial charge in [0.05, 0.1) is 5.82 Å². The molecule has 0 spiro atoms. The molecule has 6 rings (SSSR count). The van der Waals surface area contributed by atoms with Crippen LogP contribution in [-0.2, 0) is 33.1 Å². The summed E-state index contributed by atoms with van der Waals surface area (Å²) >= 11 is 0. The monoisotopic (exact) mass is 631 g/mol. The summed E-state index contributed by atoms with van der Waals surface area (Å²) in [6.45, 7) is 3.12. The van der Waals surface area contributed by atoms with Crippen LogP contribution < -0.4 is 0 Å². The Bertz CT molecular complexity index is 1460. The van der Waals surface area contributed by atoms with E-state index < -0.39 is 0 Å². The van der Waals surface area contributed by atoms with Crippen molar-refractivity contribution in [1.82, 2.24) is 14.5 Å². The molecule has 4 nitrogen and oxygen atoms in total.